The Labute approximate surface area is 140 Å². The number of aromatic nitrogens is 1. The predicted octanol–water partition coefficient (Wildman–Crippen LogP) is 1.94. The Hall–Kier alpha value is -1.76. The molecule has 2 atom stereocenters. The van der Waals surface area contributed by atoms with Crippen molar-refractivity contribution in [2.24, 2.45) is 5.92 Å². The second-order valence-corrected chi connectivity index (χ2v) is 6.37. The third kappa shape index (κ3) is 4.01. The lowest BCUT2D eigenvalue weighted by Crippen LogP contribution is -2.49. The summed E-state index contributed by atoms with van der Waals surface area (Å²) in [5.41, 5.74) is -0.228. The van der Waals surface area contributed by atoms with Gasteiger partial charge in [0.25, 0.3) is 5.56 Å². The Morgan fingerprint density at radius 3 is 2.67 bits per heavy atom. The zero-order valence-corrected chi connectivity index (χ0v) is 14.3. The molecule has 1 saturated heterocycles. The molecule has 1 aromatic heterocycles. The first-order valence-electron chi connectivity index (χ1n) is 8.22. The minimum Gasteiger partial charge on any atom is -0.467 e. The number of nitrogens with zero attached hydrogens (tertiary/aromatic N) is 2. The molecule has 2 rings (SSSR count). The number of pyridine rings is 1. The van der Waals surface area contributed by atoms with Crippen molar-refractivity contribution in [1.29, 1.82) is 0 Å². The van der Waals surface area contributed by atoms with Gasteiger partial charge in [0.15, 0.2) is 5.82 Å². The molecule has 0 aliphatic carbocycles. The van der Waals surface area contributed by atoms with Crippen molar-refractivity contribution in [3.8, 4) is 0 Å². The number of methoxy groups -OCH3 is 1. The van der Waals surface area contributed by atoms with Crippen LogP contribution in [0.15, 0.2) is 17.1 Å². The average Bonchev–Trinajstić information content (AvgIpc) is 2.54. The number of hydrogen-bond acceptors (Lipinski definition) is 4. The normalized spacial score (nSPS) is 18.0. The summed E-state index contributed by atoms with van der Waals surface area (Å²) in [5, 5.41) is 0. The topological polar surface area (TPSA) is 51.5 Å². The van der Waals surface area contributed by atoms with Crippen LogP contribution in [-0.2, 0) is 16.0 Å². The van der Waals surface area contributed by atoms with Crippen LogP contribution >= 0.6 is 0 Å². The number of halogens is 2. The SMILES string of the molecule is CC[C@@H](C)C(C(=O)OC)n1cc(CCN2CC(F)C2)cc(F)c1=O. The van der Waals surface area contributed by atoms with Gasteiger partial charge in [0.2, 0.25) is 0 Å². The molecule has 0 spiro atoms. The van der Waals surface area contributed by atoms with Gasteiger partial charge in [-0.05, 0) is 24.0 Å². The second kappa shape index (κ2) is 7.88. The van der Waals surface area contributed by atoms with Gasteiger partial charge in [0.1, 0.15) is 12.2 Å². The van der Waals surface area contributed by atoms with Crippen LogP contribution < -0.4 is 5.56 Å². The van der Waals surface area contributed by atoms with E-state index in [1.54, 1.807) is 0 Å². The van der Waals surface area contributed by atoms with E-state index in [4.69, 9.17) is 4.74 Å². The van der Waals surface area contributed by atoms with Crippen LogP contribution in [0.4, 0.5) is 8.78 Å². The first-order chi connectivity index (χ1) is 11.4. The molecule has 1 aliphatic heterocycles. The summed E-state index contributed by atoms with van der Waals surface area (Å²) >= 11 is 0. The lowest BCUT2D eigenvalue weighted by Gasteiger charge is -2.34. The molecule has 1 aromatic rings. The molecule has 1 aliphatic rings. The maximum absolute atomic E-state index is 14.1. The Balaban J connectivity index is 2.26. The highest BCUT2D eigenvalue weighted by atomic mass is 19.1. The van der Waals surface area contributed by atoms with Crippen LogP contribution in [0, 0.1) is 11.7 Å². The van der Waals surface area contributed by atoms with Crippen LogP contribution in [0.3, 0.4) is 0 Å². The van der Waals surface area contributed by atoms with E-state index in [1.807, 2.05) is 18.7 Å². The van der Waals surface area contributed by atoms with Gasteiger partial charge in [-0.3, -0.25) is 14.3 Å². The Bertz CT molecular complexity index is 641. The largest absolute Gasteiger partial charge is 0.467 e. The molecular formula is C17H24F2N2O3. The molecule has 1 unspecified atom stereocenters. The van der Waals surface area contributed by atoms with Gasteiger partial charge < -0.3 is 4.74 Å². The first-order valence-corrected chi connectivity index (χ1v) is 8.22. The van der Waals surface area contributed by atoms with Gasteiger partial charge >= 0.3 is 5.97 Å². The van der Waals surface area contributed by atoms with E-state index < -0.39 is 29.6 Å². The molecule has 0 amide bonds. The highest BCUT2D eigenvalue weighted by Crippen LogP contribution is 2.22. The van der Waals surface area contributed by atoms with Crippen LogP contribution in [0.1, 0.15) is 31.9 Å². The number of hydrogen-bond donors (Lipinski definition) is 0. The van der Waals surface area contributed by atoms with Crippen LogP contribution in [-0.4, -0.2) is 48.4 Å². The lowest BCUT2D eigenvalue weighted by atomic mass is 9.98. The smallest absolute Gasteiger partial charge is 0.329 e. The maximum atomic E-state index is 14.1. The summed E-state index contributed by atoms with van der Waals surface area (Å²) in [7, 11) is 1.25. The molecular weight excluding hydrogens is 318 g/mol. The van der Waals surface area contributed by atoms with Crippen molar-refractivity contribution >= 4 is 5.97 Å². The zero-order valence-electron chi connectivity index (χ0n) is 14.3. The number of ether oxygens (including phenoxy) is 1. The van der Waals surface area contributed by atoms with Gasteiger partial charge in [-0.25, -0.2) is 13.6 Å². The van der Waals surface area contributed by atoms with Gasteiger partial charge in [-0.2, -0.15) is 0 Å². The lowest BCUT2D eigenvalue weighted by molar-refractivity contribution is -0.146. The molecule has 0 saturated carbocycles. The minimum absolute atomic E-state index is 0.174. The molecule has 0 radical (unpaired) electrons. The summed E-state index contributed by atoms with van der Waals surface area (Å²) in [6.07, 6.45) is 1.86. The van der Waals surface area contributed by atoms with Crippen molar-refractivity contribution < 1.29 is 18.3 Å². The highest BCUT2D eigenvalue weighted by molar-refractivity contribution is 5.74. The van der Waals surface area contributed by atoms with Crippen molar-refractivity contribution in [2.75, 3.05) is 26.7 Å². The average molecular weight is 342 g/mol. The monoisotopic (exact) mass is 342 g/mol. The summed E-state index contributed by atoms with van der Waals surface area (Å²) in [6, 6.07) is 0.331. The van der Waals surface area contributed by atoms with Crippen molar-refractivity contribution in [1.82, 2.24) is 9.47 Å². The standard InChI is InChI=1S/C17H24F2N2O3/c1-4-11(2)15(17(23)24-3)21-8-12(7-14(19)16(21)22)5-6-20-9-13(18)10-20/h7-8,11,13,15H,4-6,9-10H2,1-3H3/t11-,15?/m1/s1. The third-order valence-electron chi connectivity index (χ3n) is 4.61. The van der Waals surface area contributed by atoms with Crippen LogP contribution in [0.5, 0.6) is 0 Å². The molecule has 2 heterocycles. The van der Waals surface area contributed by atoms with Gasteiger partial charge in [0.05, 0.1) is 7.11 Å². The molecule has 5 nitrogen and oxygen atoms in total. The molecule has 0 aromatic carbocycles. The summed E-state index contributed by atoms with van der Waals surface area (Å²) in [5.74, 6) is -1.63. The van der Waals surface area contributed by atoms with Crippen molar-refractivity contribution in [3.05, 3.63) is 34.0 Å². The summed E-state index contributed by atoms with van der Waals surface area (Å²) in [4.78, 5) is 26.2. The minimum atomic E-state index is -0.892. The fourth-order valence-electron chi connectivity index (χ4n) is 2.91. The van der Waals surface area contributed by atoms with E-state index in [0.29, 0.717) is 38.0 Å². The molecule has 0 N–H and O–H groups in total. The Morgan fingerprint density at radius 1 is 1.46 bits per heavy atom. The quantitative estimate of drug-likeness (QED) is 0.711. The van der Waals surface area contributed by atoms with Crippen molar-refractivity contribution in [2.45, 2.75) is 38.9 Å². The number of carbonyl (C=O) groups is 1. The van der Waals surface area contributed by atoms with E-state index >= 15 is 0 Å². The third-order valence-corrected chi connectivity index (χ3v) is 4.61. The molecule has 24 heavy (non-hydrogen) atoms. The molecule has 7 heteroatoms. The van der Waals surface area contributed by atoms with E-state index in [1.165, 1.54) is 19.4 Å². The van der Waals surface area contributed by atoms with E-state index in [0.717, 1.165) is 4.57 Å². The predicted molar refractivity (Wildman–Crippen MR) is 86.2 cm³/mol. The summed E-state index contributed by atoms with van der Waals surface area (Å²) in [6.45, 7) is 5.08. The van der Waals surface area contributed by atoms with E-state index in [-0.39, 0.29) is 5.92 Å². The number of esters is 1. The maximum Gasteiger partial charge on any atom is 0.329 e. The molecule has 0 bridgehead atoms. The van der Waals surface area contributed by atoms with E-state index in [9.17, 15) is 18.4 Å². The second-order valence-electron chi connectivity index (χ2n) is 6.37. The van der Waals surface area contributed by atoms with Gasteiger partial charge in [-0.15, -0.1) is 0 Å². The molecule has 1 fully saturated rings. The van der Waals surface area contributed by atoms with Crippen LogP contribution in [0.25, 0.3) is 0 Å². The number of carbonyl (C=O) groups excluding carboxylic acids is 1. The van der Waals surface area contributed by atoms with Gasteiger partial charge in [-0.1, -0.05) is 20.3 Å². The summed E-state index contributed by atoms with van der Waals surface area (Å²) < 4.78 is 32.8. The number of likely N-dealkylation sites (tertiary alicyclic amines) is 1. The Kier molecular flexibility index (Phi) is 6.10. The Morgan fingerprint density at radius 2 is 2.12 bits per heavy atom. The van der Waals surface area contributed by atoms with Crippen LogP contribution in [0.2, 0.25) is 0 Å². The number of rotatable bonds is 7. The highest BCUT2D eigenvalue weighted by Gasteiger charge is 2.29. The van der Waals surface area contributed by atoms with E-state index in [2.05, 4.69) is 0 Å². The number of alkyl halides is 1. The van der Waals surface area contributed by atoms with Gasteiger partial charge in [0, 0.05) is 25.8 Å². The van der Waals surface area contributed by atoms with Crippen molar-refractivity contribution in [3.63, 3.8) is 0 Å². The zero-order chi connectivity index (χ0) is 17.9. The first kappa shape index (κ1) is 18.6. The fraction of sp³-hybridized carbons (Fsp3) is 0.647. The molecule has 134 valence electrons. The fourth-order valence-corrected chi connectivity index (χ4v) is 2.91.